The zero-order valence-electron chi connectivity index (χ0n) is 11.1. The molecular weight excluding hydrogens is 228 g/mol. The summed E-state index contributed by atoms with van der Waals surface area (Å²) in [5.41, 5.74) is -0.0300. The van der Waals surface area contributed by atoms with Gasteiger partial charge >= 0.3 is 0 Å². The minimum absolute atomic E-state index is 0.0300. The summed E-state index contributed by atoms with van der Waals surface area (Å²) in [6, 6.07) is 0.702. The summed E-state index contributed by atoms with van der Waals surface area (Å²) < 4.78 is 1.72. The molecule has 0 unspecified atom stereocenters. The van der Waals surface area contributed by atoms with Crippen molar-refractivity contribution in [3.63, 3.8) is 0 Å². The molecule has 0 spiro atoms. The molecule has 18 heavy (non-hydrogen) atoms. The van der Waals surface area contributed by atoms with Gasteiger partial charge < -0.3 is 15.2 Å². The molecule has 0 amide bonds. The summed E-state index contributed by atoms with van der Waals surface area (Å²) in [4.78, 5) is 16.2. The van der Waals surface area contributed by atoms with Gasteiger partial charge in [0, 0.05) is 38.1 Å². The number of rotatable bonds is 7. The molecule has 1 aromatic heterocycles. The molecule has 0 atom stereocenters. The highest BCUT2D eigenvalue weighted by atomic mass is 16.1. The van der Waals surface area contributed by atoms with Crippen molar-refractivity contribution >= 4 is 5.82 Å². The van der Waals surface area contributed by atoms with Crippen LogP contribution in [0.2, 0.25) is 0 Å². The predicted molar refractivity (Wildman–Crippen MR) is 72.8 cm³/mol. The summed E-state index contributed by atoms with van der Waals surface area (Å²) >= 11 is 0. The highest BCUT2D eigenvalue weighted by Crippen LogP contribution is 2.17. The van der Waals surface area contributed by atoms with E-state index >= 15 is 0 Å². The topological polar surface area (TPSA) is 59.0 Å². The number of nitrogens with zero attached hydrogens (tertiary/aromatic N) is 2. The SMILES string of the molecule is CC(C)Cn1ccnc(NCCNC2CC2)c1=O. The summed E-state index contributed by atoms with van der Waals surface area (Å²) in [5, 5.41) is 6.50. The van der Waals surface area contributed by atoms with E-state index in [2.05, 4.69) is 29.5 Å². The van der Waals surface area contributed by atoms with Gasteiger partial charge in [-0.3, -0.25) is 4.79 Å². The van der Waals surface area contributed by atoms with Crippen molar-refractivity contribution < 1.29 is 0 Å². The van der Waals surface area contributed by atoms with Crippen molar-refractivity contribution in [1.29, 1.82) is 0 Å². The molecule has 2 rings (SSSR count). The maximum atomic E-state index is 12.1. The third kappa shape index (κ3) is 3.84. The Bertz CT molecular complexity index is 437. The van der Waals surface area contributed by atoms with E-state index in [1.165, 1.54) is 12.8 Å². The normalized spacial score (nSPS) is 15.1. The highest BCUT2D eigenvalue weighted by molar-refractivity contribution is 5.30. The summed E-state index contributed by atoms with van der Waals surface area (Å²) in [6.07, 6.45) is 5.99. The molecule has 2 N–H and O–H groups in total. The maximum Gasteiger partial charge on any atom is 0.293 e. The van der Waals surface area contributed by atoms with Crippen LogP contribution < -0.4 is 16.2 Å². The van der Waals surface area contributed by atoms with E-state index in [9.17, 15) is 4.79 Å². The molecule has 0 radical (unpaired) electrons. The van der Waals surface area contributed by atoms with E-state index in [0.29, 0.717) is 17.8 Å². The Labute approximate surface area is 108 Å². The Morgan fingerprint density at radius 3 is 2.89 bits per heavy atom. The van der Waals surface area contributed by atoms with Crippen molar-refractivity contribution in [2.75, 3.05) is 18.4 Å². The molecule has 0 saturated heterocycles. The van der Waals surface area contributed by atoms with Crippen LogP contribution in [-0.2, 0) is 6.54 Å². The van der Waals surface area contributed by atoms with Crippen molar-refractivity contribution in [3.8, 4) is 0 Å². The molecule has 5 nitrogen and oxygen atoms in total. The van der Waals surface area contributed by atoms with Crippen LogP contribution in [-0.4, -0.2) is 28.7 Å². The first-order chi connectivity index (χ1) is 8.66. The molecule has 1 saturated carbocycles. The van der Waals surface area contributed by atoms with E-state index in [0.717, 1.165) is 19.6 Å². The van der Waals surface area contributed by atoms with Gasteiger partial charge in [-0.05, 0) is 18.8 Å². The zero-order valence-corrected chi connectivity index (χ0v) is 11.1. The summed E-state index contributed by atoms with van der Waals surface area (Å²) in [7, 11) is 0. The van der Waals surface area contributed by atoms with Crippen LogP contribution in [0.3, 0.4) is 0 Å². The van der Waals surface area contributed by atoms with Gasteiger partial charge in [0.2, 0.25) is 0 Å². The van der Waals surface area contributed by atoms with E-state index in [1.807, 2.05) is 0 Å². The van der Waals surface area contributed by atoms with Crippen LogP contribution in [0, 0.1) is 5.92 Å². The van der Waals surface area contributed by atoms with E-state index in [1.54, 1.807) is 17.0 Å². The molecule has 0 aliphatic heterocycles. The van der Waals surface area contributed by atoms with Gasteiger partial charge in [0.1, 0.15) is 0 Å². The van der Waals surface area contributed by atoms with Crippen LogP contribution in [0.1, 0.15) is 26.7 Å². The summed E-state index contributed by atoms with van der Waals surface area (Å²) in [6.45, 7) is 6.55. The van der Waals surface area contributed by atoms with E-state index in [-0.39, 0.29) is 5.56 Å². The fourth-order valence-electron chi connectivity index (χ4n) is 1.85. The van der Waals surface area contributed by atoms with Crippen molar-refractivity contribution in [3.05, 3.63) is 22.7 Å². The van der Waals surface area contributed by atoms with Gasteiger partial charge in [0.15, 0.2) is 5.82 Å². The molecule has 5 heteroatoms. The van der Waals surface area contributed by atoms with Gasteiger partial charge in [-0.2, -0.15) is 0 Å². The Balaban J connectivity index is 1.88. The van der Waals surface area contributed by atoms with Gasteiger partial charge in [0.25, 0.3) is 5.56 Å². The van der Waals surface area contributed by atoms with Crippen LogP contribution in [0.25, 0.3) is 0 Å². The molecule has 1 aromatic rings. The van der Waals surface area contributed by atoms with Crippen LogP contribution in [0.15, 0.2) is 17.2 Å². The van der Waals surface area contributed by atoms with Crippen LogP contribution in [0.5, 0.6) is 0 Å². The fourth-order valence-corrected chi connectivity index (χ4v) is 1.85. The standard InChI is InChI=1S/C13H22N4O/c1-10(2)9-17-8-7-16-12(13(17)18)15-6-5-14-11-3-4-11/h7-8,10-11,14H,3-6,9H2,1-2H3,(H,15,16). The molecule has 1 aliphatic rings. The first-order valence-corrected chi connectivity index (χ1v) is 6.69. The second kappa shape index (κ2) is 6.00. The fraction of sp³-hybridized carbons (Fsp3) is 0.692. The lowest BCUT2D eigenvalue weighted by atomic mass is 10.2. The second-order valence-corrected chi connectivity index (χ2v) is 5.28. The molecule has 0 bridgehead atoms. The zero-order chi connectivity index (χ0) is 13.0. The van der Waals surface area contributed by atoms with Crippen molar-refractivity contribution in [2.24, 2.45) is 5.92 Å². The van der Waals surface area contributed by atoms with Gasteiger partial charge in [-0.25, -0.2) is 4.98 Å². The molecular formula is C13H22N4O. The molecule has 1 heterocycles. The van der Waals surface area contributed by atoms with Crippen molar-refractivity contribution in [1.82, 2.24) is 14.9 Å². The average molecular weight is 250 g/mol. The first kappa shape index (κ1) is 13.1. The van der Waals surface area contributed by atoms with Crippen LogP contribution >= 0.6 is 0 Å². The second-order valence-electron chi connectivity index (χ2n) is 5.28. The Kier molecular flexibility index (Phi) is 4.36. The molecule has 1 aliphatic carbocycles. The highest BCUT2D eigenvalue weighted by Gasteiger charge is 2.19. The smallest absolute Gasteiger partial charge is 0.293 e. The van der Waals surface area contributed by atoms with E-state index in [4.69, 9.17) is 0 Å². The third-order valence-electron chi connectivity index (χ3n) is 2.90. The number of hydrogen-bond acceptors (Lipinski definition) is 4. The summed E-state index contributed by atoms with van der Waals surface area (Å²) in [5.74, 6) is 0.908. The van der Waals surface area contributed by atoms with Crippen molar-refractivity contribution in [2.45, 2.75) is 39.3 Å². The minimum Gasteiger partial charge on any atom is -0.364 e. The quantitative estimate of drug-likeness (QED) is 0.711. The minimum atomic E-state index is -0.0300. The molecule has 0 aromatic carbocycles. The largest absolute Gasteiger partial charge is 0.364 e. The first-order valence-electron chi connectivity index (χ1n) is 6.69. The number of anilines is 1. The number of aromatic nitrogens is 2. The Morgan fingerprint density at radius 1 is 1.44 bits per heavy atom. The Morgan fingerprint density at radius 2 is 2.22 bits per heavy atom. The van der Waals surface area contributed by atoms with Crippen LogP contribution in [0.4, 0.5) is 5.82 Å². The lowest BCUT2D eigenvalue weighted by molar-refractivity contribution is 0.509. The lowest BCUT2D eigenvalue weighted by Gasteiger charge is -2.11. The monoisotopic (exact) mass is 250 g/mol. The lowest BCUT2D eigenvalue weighted by Crippen LogP contribution is -2.29. The number of hydrogen-bond donors (Lipinski definition) is 2. The Hall–Kier alpha value is -1.36. The van der Waals surface area contributed by atoms with E-state index < -0.39 is 0 Å². The molecule has 100 valence electrons. The average Bonchev–Trinajstić information content (AvgIpc) is 3.12. The van der Waals surface area contributed by atoms with Gasteiger partial charge in [0.05, 0.1) is 0 Å². The van der Waals surface area contributed by atoms with Gasteiger partial charge in [-0.1, -0.05) is 13.8 Å². The number of nitrogens with one attached hydrogen (secondary N) is 2. The van der Waals surface area contributed by atoms with Gasteiger partial charge in [-0.15, -0.1) is 0 Å². The maximum absolute atomic E-state index is 12.1. The third-order valence-corrected chi connectivity index (χ3v) is 2.90. The predicted octanol–water partition coefficient (Wildman–Crippen LogP) is 1.06. The molecule has 1 fully saturated rings.